The van der Waals surface area contributed by atoms with Crippen LogP contribution in [-0.4, -0.2) is 48.6 Å². The standard InChI is InChI=1S/C11H19N5O3S/c1-3-5-16-7-9(10(12)13-16)20(18,19)14-8-4-6-15(2)11(8)17/h7-8,14H,3-6H2,1-2H3,(H2,12,13). The molecule has 112 valence electrons. The Kier molecular flexibility index (Phi) is 4.00. The zero-order valence-corrected chi connectivity index (χ0v) is 12.4. The number of hydrogen-bond donors (Lipinski definition) is 2. The van der Waals surface area contributed by atoms with E-state index in [0.29, 0.717) is 19.5 Å². The van der Waals surface area contributed by atoms with Crippen LogP contribution in [0.3, 0.4) is 0 Å². The van der Waals surface area contributed by atoms with Crippen LogP contribution in [0, 0.1) is 0 Å². The van der Waals surface area contributed by atoms with E-state index in [-0.39, 0.29) is 16.6 Å². The summed E-state index contributed by atoms with van der Waals surface area (Å²) in [5.74, 6) is -0.280. The van der Waals surface area contributed by atoms with E-state index < -0.39 is 16.1 Å². The van der Waals surface area contributed by atoms with E-state index in [0.717, 1.165) is 6.42 Å². The van der Waals surface area contributed by atoms with Gasteiger partial charge in [0, 0.05) is 26.3 Å². The number of nitrogens with two attached hydrogens (primary N) is 1. The van der Waals surface area contributed by atoms with Gasteiger partial charge in [0.05, 0.1) is 0 Å². The minimum absolute atomic E-state index is 0.0512. The van der Waals surface area contributed by atoms with Crippen LogP contribution in [0.2, 0.25) is 0 Å². The molecule has 0 aliphatic carbocycles. The molecule has 8 nitrogen and oxygen atoms in total. The number of anilines is 1. The average molecular weight is 301 g/mol. The summed E-state index contributed by atoms with van der Waals surface area (Å²) in [6, 6.07) is -0.723. The molecule has 1 aromatic rings. The molecule has 1 saturated heterocycles. The van der Waals surface area contributed by atoms with Crippen LogP contribution in [0.1, 0.15) is 19.8 Å². The molecule has 0 spiro atoms. The Morgan fingerprint density at radius 2 is 2.25 bits per heavy atom. The second kappa shape index (κ2) is 5.41. The summed E-state index contributed by atoms with van der Waals surface area (Å²) >= 11 is 0. The first-order valence-electron chi connectivity index (χ1n) is 6.45. The fraction of sp³-hybridized carbons (Fsp3) is 0.636. The van der Waals surface area contributed by atoms with Gasteiger partial charge in [0.15, 0.2) is 5.82 Å². The molecule has 1 aromatic heterocycles. The number of carbonyl (C=O) groups is 1. The third kappa shape index (κ3) is 2.78. The molecule has 1 fully saturated rings. The Morgan fingerprint density at radius 1 is 1.55 bits per heavy atom. The average Bonchev–Trinajstić information content (AvgIpc) is 2.88. The number of likely N-dealkylation sites (tertiary alicyclic amines) is 1. The van der Waals surface area contributed by atoms with Crippen LogP contribution in [-0.2, 0) is 21.4 Å². The van der Waals surface area contributed by atoms with Crippen LogP contribution in [0.5, 0.6) is 0 Å². The molecular weight excluding hydrogens is 282 g/mol. The first-order valence-corrected chi connectivity index (χ1v) is 7.93. The van der Waals surface area contributed by atoms with Crippen molar-refractivity contribution >= 4 is 21.7 Å². The van der Waals surface area contributed by atoms with E-state index in [2.05, 4.69) is 9.82 Å². The summed E-state index contributed by atoms with van der Waals surface area (Å²) in [5, 5.41) is 3.96. The van der Waals surface area contributed by atoms with Crippen LogP contribution in [0.15, 0.2) is 11.1 Å². The lowest BCUT2D eigenvalue weighted by Gasteiger charge is -2.11. The highest BCUT2D eigenvalue weighted by atomic mass is 32.2. The van der Waals surface area contributed by atoms with Crippen molar-refractivity contribution in [2.75, 3.05) is 19.3 Å². The highest BCUT2D eigenvalue weighted by Gasteiger charge is 2.34. The monoisotopic (exact) mass is 301 g/mol. The summed E-state index contributed by atoms with van der Waals surface area (Å²) in [4.78, 5) is 13.2. The van der Waals surface area contributed by atoms with E-state index in [4.69, 9.17) is 5.73 Å². The Hall–Kier alpha value is -1.61. The van der Waals surface area contributed by atoms with Crippen molar-refractivity contribution < 1.29 is 13.2 Å². The molecule has 0 radical (unpaired) electrons. The van der Waals surface area contributed by atoms with Crippen molar-refractivity contribution in [1.29, 1.82) is 0 Å². The van der Waals surface area contributed by atoms with Crippen molar-refractivity contribution in [3.63, 3.8) is 0 Å². The van der Waals surface area contributed by atoms with E-state index in [1.807, 2.05) is 6.92 Å². The van der Waals surface area contributed by atoms with Gasteiger partial charge in [-0.2, -0.15) is 9.82 Å². The van der Waals surface area contributed by atoms with Gasteiger partial charge in [-0.3, -0.25) is 9.48 Å². The number of hydrogen-bond acceptors (Lipinski definition) is 5. The molecule has 9 heteroatoms. The van der Waals surface area contributed by atoms with Gasteiger partial charge in [0.1, 0.15) is 10.9 Å². The number of nitrogens with one attached hydrogen (secondary N) is 1. The second-order valence-corrected chi connectivity index (χ2v) is 6.55. The van der Waals surface area contributed by atoms with Crippen molar-refractivity contribution in [3.8, 4) is 0 Å². The molecule has 1 unspecified atom stereocenters. The van der Waals surface area contributed by atoms with E-state index in [1.165, 1.54) is 15.8 Å². The van der Waals surface area contributed by atoms with Crippen molar-refractivity contribution in [3.05, 3.63) is 6.20 Å². The number of carbonyl (C=O) groups excluding carboxylic acids is 1. The first-order chi connectivity index (χ1) is 9.35. The Morgan fingerprint density at radius 3 is 2.80 bits per heavy atom. The Balaban J connectivity index is 2.20. The number of nitrogens with zero attached hydrogens (tertiary/aromatic N) is 3. The molecule has 1 aliphatic rings. The van der Waals surface area contributed by atoms with Crippen molar-refractivity contribution in [1.82, 2.24) is 19.4 Å². The predicted molar refractivity (Wildman–Crippen MR) is 73.3 cm³/mol. The van der Waals surface area contributed by atoms with Gasteiger partial charge in [0.2, 0.25) is 15.9 Å². The topological polar surface area (TPSA) is 110 Å². The Labute approximate surface area is 118 Å². The molecule has 1 aliphatic heterocycles. The van der Waals surface area contributed by atoms with Gasteiger partial charge < -0.3 is 10.6 Å². The minimum Gasteiger partial charge on any atom is -0.381 e. The first kappa shape index (κ1) is 14.8. The molecule has 20 heavy (non-hydrogen) atoms. The lowest BCUT2D eigenvalue weighted by molar-refractivity contribution is -0.127. The number of nitrogen functional groups attached to an aromatic ring is 1. The van der Waals surface area contributed by atoms with Gasteiger partial charge >= 0.3 is 0 Å². The maximum atomic E-state index is 12.3. The zero-order valence-electron chi connectivity index (χ0n) is 11.5. The van der Waals surface area contributed by atoms with Gasteiger partial charge in [-0.15, -0.1) is 0 Å². The summed E-state index contributed by atoms with van der Waals surface area (Å²) in [6.45, 7) is 3.08. The maximum absolute atomic E-state index is 12.3. The molecule has 2 heterocycles. The smallest absolute Gasteiger partial charge is 0.246 e. The molecule has 1 atom stereocenters. The molecule has 0 bridgehead atoms. The van der Waals surface area contributed by atoms with E-state index in [1.54, 1.807) is 7.05 Å². The highest BCUT2D eigenvalue weighted by molar-refractivity contribution is 7.89. The number of likely N-dealkylation sites (N-methyl/N-ethyl adjacent to an activating group) is 1. The van der Waals surface area contributed by atoms with Gasteiger partial charge in [0.25, 0.3) is 0 Å². The quantitative estimate of drug-likeness (QED) is 0.753. The fourth-order valence-corrected chi connectivity index (χ4v) is 3.45. The summed E-state index contributed by atoms with van der Waals surface area (Å²) in [6.07, 6.45) is 2.67. The molecule has 3 N–H and O–H groups in total. The summed E-state index contributed by atoms with van der Waals surface area (Å²) < 4.78 is 28.4. The number of rotatable bonds is 5. The largest absolute Gasteiger partial charge is 0.381 e. The third-order valence-corrected chi connectivity index (χ3v) is 4.71. The van der Waals surface area contributed by atoms with Gasteiger partial charge in [-0.05, 0) is 12.8 Å². The minimum atomic E-state index is -3.83. The fourth-order valence-electron chi connectivity index (χ4n) is 2.15. The number of sulfonamides is 1. The zero-order chi connectivity index (χ0) is 14.9. The lowest BCUT2D eigenvalue weighted by atomic mass is 10.3. The molecule has 0 aromatic carbocycles. The normalized spacial score (nSPS) is 19.8. The third-order valence-electron chi connectivity index (χ3n) is 3.22. The van der Waals surface area contributed by atoms with Gasteiger partial charge in [-0.25, -0.2) is 8.42 Å². The van der Waals surface area contributed by atoms with Crippen molar-refractivity contribution in [2.24, 2.45) is 0 Å². The van der Waals surface area contributed by atoms with Crippen LogP contribution >= 0.6 is 0 Å². The Bertz CT molecular complexity index is 610. The lowest BCUT2D eigenvalue weighted by Crippen LogP contribution is -2.40. The summed E-state index contributed by atoms with van der Waals surface area (Å²) in [5.41, 5.74) is 5.65. The van der Waals surface area contributed by atoms with E-state index in [9.17, 15) is 13.2 Å². The number of aromatic nitrogens is 2. The van der Waals surface area contributed by atoms with E-state index >= 15 is 0 Å². The van der Waals surface area contributed by atoms with Gasteiger partial charge in [-0.1, -0.05) is 6.92 Å². The second-order valence-electron chi connectivity index (χ2n) is 4.86. The molecule has 0 saturated carbocycles. The summed E-state index contributed by atoms with van der Waals surface area (Å²) in [7, 11) is -2.19. The van der Waals surface area contributed by atoms with Crippen LogP contribution in [0.4, 0.5) is 5.82 Å². The van der Waals surface area contributed by atoms with Crippen molar-refractivity contribution in [2.45, 2.75) is 37.2 Å². The highest BCUT2D eigenvalue weighted by Crippen LogP contribution is 2.19. The van der Waals surface area contributed by atoms with Crippen LogP contribution < -0.4 is 10.5 Å². The molecule has 2 rings (SSSR count). The molecule has 1 amide bonds. The van der Waals surface area contributed by atoms with Crippen LogP contribution in [0.25, 0.3) is 0 Å². The maximum Gasteiger partial charge on any atom is 0.246 e. The number of aryl methyl sites for hydroxylation is 1. The SMILES string of the molecule is CCCn1cc(S(=O)(=O)NC2CCN(C)C2=O)c(N)n1. The molecular formula is C11H19N5O3S. The predicted octanol–water partition coefficient (Wildman–Crippen LogP) is -0.616. The number of amides is 1.